The monoisotopic (exact) mass is 204 g/mol. The lowest BCUT2D eigenvalue weighted by atomic mass is 10.1. The van der Waals surface area contributed by atoms with Gasteiger partial charge in [-0.3, -0.25) is 9.79 Å². The van der Waals surface area contributed by atoms with Crippen molar-refractivity contribution in [3.05, 3.63) is 29.3 Å². The highest BCUT2D eigenvalue weighted by molar-refractivity contribution is 5.82. The molecule has 80 valence electrons. The maximum atomic E-state index is 10.1. The number of nitrogens with zero attached hydrogens (tertiary/aromatic N) is 1. The topological polar surface area (TPSA) is 41.5 Å². The second-order valence-electron chi connectivity index (χ2n) is 3.68. The second-order valence-corrected chi connectivity index (χ2v) is 3.68. The predicted octanol–water partition coefficient (Wildman–Crippen LogP) is 2.35. The van der Waals surface area contributed by atoms with E-state index in [1.165, 1.54) is 0 Å². The Morgan fingerprint density at radius 1 is 1.47 bits per heavy atom. The average Bonchev–Trinajstić information content (AvgIpc) is 2.18. The SMILES string of the molecule is CC(C)=Nc1ccc(CNC=O)cc1C. The quantitative estimate of drug-likeness (QED) is 0.593. The van der Waals surface area contributed by atoms with Gasteiger partial charge in [-0.25, -0.2) is 0 Å². The molecule has 1 rings (SSSR count). The highest BCUT2D eigenvalue weighted by atomic mass is 16.1. The summed E-state index contributed by atoms with van der Waals surface area (Å²) in [6.07, 6.45) is 0.706. The molecule has 3 nitrogen and oxygen atoms in total. The minimum atomic E-state index is 0.569. The molecule has 0 fully saturated rings. The zero-order valence-corrected chi connectivity index (χ0v) is 9.37. The van der Waals surface area contributed by atoms with Gasteiger partial charge in [0.1, 0.15) is 0 Å². The standard InChI is InChI=1S/C12H16N2O/c1-9(2)14-12-5-4-11(6-10(12)3)7-13-8-15/h4-6,8H,7H2,1-3H3,(H,13,15). The summed E-state index contributed by atoms with van der Waals surface area (Å²) in [5.74, 6) is 0. The van der Waals surface area contributed by atoms with Gasteiger partial charge in [0.25, 0.3) is 0 Å². The molecule has 1 N–H and O–H groups in total. The Morgan fingerprint density at radius 3 is 2.73 bits per heavy atom. The van der Waals surface area contributed by atoms with Gasteiger partial charge in [0.05, 0.1) is 5.69 Å². The smallest absolute Gasteiger partial charge is 0.207 e. The molecule has 0 aromatic heterocycles. The first-order valence-corrected chi connectivity index (χ1v) is 4.92. The fourth-order valence-corrected chi connectivity index (χ4v) is 1.35. The van der Waals surface area contributed by atoms with Crippen molar-refractivity contribution in [3.8, 4) is 0 Å². The highest BCUT2D eigenvalue weighted by Gasteiger charge is 1.98. The lowest BCUT2D eigenvalue weighted by Crippen LogP contribution is -2.09. The molecule has 0 radical (unpaired) electrons. The molecule has 0 aliphatic carbocycles. The van der Waals surface area contributed by atoms with Crippen LogP contribution in [0.1, 0.15) is 25.0 Å². The van der Waals surface area contributed by atoms with Crippen molar-refractivity contribution in [2.45, 2.75) is 27.3 Å². The molecule has 1 amide bonds. The number of carbonyl (C=O) groups excluding carboxylic acids is 1. The number of aryl methyl sites for hydroxylation is 1. The maximum absolute atomic E-state index is 10.1. The van der Waals surface area contributed by atoms with Crippen LogP contribution in [-0.2, 0) is 11.3 Å². The maximum Gasteiger partial charge on any atom is 0.207 e. The van der Waals surface area contributed by atoms with E-state index < -0.39 is 0 Å². The molecule has 1 aromatic rings. The van der Waals surface area contributed by atoms with Crippen molar-refractivity contribution < 1.29 is 4.79 Å². The zero-order valence-electron chi connectivity index (χ0n) is 9.37. The minimum Gasteiger partial charge on any atom is -0.355 e. The number of rotatable bonds is 4. The molecule has 3 heteroatoms. The Balaban J connectivity index is 2.88. The Morgan fingerprint density at radius 2 is 2.20 bits per heavy atom. The van der Waals surface area contributed by atoms with E-state index in [0.717, 1.165) is 22.5 Å². The van der Waals surface area contributed by atoms with Crippen LogP contribution in [0.15, 0.2) is 23.2 Å². The van der Waals surface area contributed by atoms with E-state index in [0.29, 0.717) is 13.0 Å². The van der Waals surface area contributed by atoms with E-state index in [1.807, 2.05) is 39.0 Å². The normalized spacial score (nSPS) is 9.53. The number of carbonyl (C=O) groups is 1. The van der Waals surface area contributed by atoms with Crippen LogP contribution in [0.5, 0.6) is 0 Å². The van der Waals surface area contributed by atoms with Gasteiger partial charge < -0.3 is 5.32 Å². The van der Waals surface area contributed by atoms with Gasteiger partial charge in [0, 0.05) is 12.3 Å². The van der Waals surface area contributed by atoms with Crippen LogP contribution in [0.3, 0.4) is 0 Å². The lowest BCUT2D eigenvalue weighted by Gasteiger charge is -2.05. The van der Waals surface area contributed by atoms with Crippen LogP contribution in [0, 0.1) is 6.92 Å². The van der Waals surface area contributed by atoms with Crippen molar-refractivity contribution in [1.29, 1.82) is 0 Å². The second kappa shape index (κ2) is 5.29. The van der Waals surface area contributed by atoms with E-state index in [4.69, 9.17) is 0 Å². The molecule has 0 bridgehead atoms. The van der Waals surface area contributed by atoms with Crippen molar-refractivity contribution in [1.82, 2.24) is 5.32 Å². The number of hydrogen-bond donors (Lipinski definition) is 1. The van der Waals surface area contributed by atoms with Crippen molar-refractivity contribution in [2.24, 2.45) is 4.99 Å². The predicted molar refractivity (Wildman–Crippen MR) is 62.5 cm³/mol. The molecule has 0 atom stereocenters. The van der Waals surface area contributed by atoms with Gasteiger partial charge in [-0.2, -0.15) is 0 Å². The van der Waals surface area contributed by atoms with E-state index in [1.54, 1.807) is 0 Å². The summed E-state index contributed by atoms with van der Waals surface area (Å²) in [5.41, 5.74) is 4.25. The Labute approximate surface area is 90.2 Å². The van der Waals surface area contributed by atoms with Crippen LogP contribution in [0.2, 0.25) is 0 Å². The fourth-order valence-electron chi connectivity index (χ4n) is 1.35. The van der Waals surface area contributed by atoms with Gasteiger partial charge in [0.15, 0.2) is 0 Å². The summed E-state index contributed by atoms with van der Waals surface area (Å²) in [5, 5.41) is 2.64. The third-order valence-corrected chi connectivity index (χ3v) is 1.99. The average molecular weight is 204 g/mol. The Kier molecular flexibility index (Phi) is 4.03. The lowest BCUT2D eigenvalue weighted by molar-refractivity contribution is -0.109. The molecule has 15 heavy (non-hydrogen) atoms. The first-order chi connectivity index (χ1) is 7.13. The van der Waals surface area contributed by atoms with Crippen LogP contribution < -0.4 is 5.32 Å². The summed E-state index contributed by atoms with van der Waals surface area (Å²) in [6.45, 7) is 6.54. The van der Waals surface area contributed by atoms with Gasteiger partial charge >= 0.3 is 0 Å². The molecule has 0 aliphatic heterocycles. The van der Waals surface area contributed by atoms with Crippen molar-refractivity contribution in [2.75, 3.05) is 0 Å². The van der Waals surface area contributed by atoms with Gasteiger partial charge in [-0.15, -0.1) is 0 Å². The van der Waals surface area contributed by atoms with E-state index >= 15 is 0 Å². The summed E-state index contributed by atoms with van der Waals surface area (Å²) in [6, 6.07) is 5.99. The Hall–Kier alpha value is -1.64. The highest BCUT2D eigenvalue weighted by Crippen LogP contribution is 2.19. The Bertz CT molecular complexity index is 379. The molecule has 0 heterocycles. The summed E-state index contributed by atoms with van der Waals surface area (Å²) < 4.78 is 0. The largest absolute Gasteiger partial charge is 0.355 e. The summed E-state index contributed by atoms with van der Waals surface area (Å²) in [7, 11) is 0. The van der Waals surface area contributed by atoms with Crippen LogP contribution >= 0.6 is 0 Å². The van der Waals surface area contributed by atoms with Crippen molar-refractivity contribution >= 4 is 17.8 Å². The first-order valence-electron chi connectivity index (χ1n) is 4.92. The third-order valence-electron chi connectivity index (χ3n) is 1.99. The zero-order chi connectivity index (χ0) is 11.3. The molecule has 1 aromatic carbocycles. The number of amides is 1. The first kappa shape index (κ1) is 11.4. The third kappa shape index (κ3) is 3.54. The van der Waals surface area contributed by atoms with Gasteiger partial charge in [-0.05, 0) is 38.0 Å². The summed E-state index contributed by atoms with van der Waals surface area (Å²) >= 11 is 0. The molecule has 0 saturated carbocycles. The van der Waals surface area contributed by atoms with Gasteiger partial charge in [-0.1, -0.05) is 12.1 Å². The van der Waals surface area contributed by atoms with Crippen LogP contribution in [-0.4, -0.2) is 12.1 Å². The molecular weight excluding hydrogens is 188 g/mol. The molecule has 0 saturated heterocycles. The van der Waals surface area contributed by atoms with E-state index in [-0.39, 0.29) is 0 Å². The van der Waals surface area contributed by atoms with Crippen molar-refractivity contribution in [3.63, 3.8) is 0 Å². The minimum absolute atomic E-state index is 0.569. The summed E-state index contributed by atoms with van der Waals surface area (Å²) in [4.78, 5) is 14.5. The van der Waals surface area contributed by atoms with Crippen LogP contribution in [0.25, 0.3) is 0 Å². The molecule has 0 aliphatic rings. The molecule has 0 spiro atoms. The fraction of sp³-hybridized carbons (Fsp3) is 0.333. The van der Waals surface area contributed by atoms with Crippen LogP contribution in [0.4, 0.5) is 5.69 Å². The molecule has 0 unspecified atom stereocenters. The number of hydrogen-bond acceptors (Lipinski definition) is 2. The number of benzene rings is 1. The van der Waals surface area contributed by atoms with E-state index in [2.05, 4.69) is 10.3 Å². The van der Waals surface area contributed by atoms with E-state index in [9.17, 15) is 4.79 Å². The number of nitrogens with one attached hydrogen (secondary N) is 1. The number of aliphatic imine (C=N–C) groups is 1. The molecular formula is C12H16N2O. The van der Waals surface area contributed by atoms with Gasteiger partial charge in [0.2, 0.25) is 6.41 Å².